The van der Waals surface area contributed by atoms with Gasteiger partial charge in [0.1, 0.15) is 6.04 Å². The van der Waals surface area contributed by atoms with Crippen LogP contribution in [0.3, 0.4) is 0 Å². The van der Waals surface area contributed by atoms with Crippen molar-refractivity contribution in [3.63, 3.8) is 0 Å². The second-order valence-electron chi connectivity index (χ2n) is 6.26. The third-order valence-corrected chi connectivity index (χ3v) is 6.36. The van der Waals surface area contributed by atoms with Crippen molar-refractivity contribution in [3.8, 4) is 0 Å². The van der Waals surface area contributed by atoms with Crippen LogP contribution in [0.1, 0.15) is 18.0 Å². The number of carbonyl (C=O) groups is 1. The molecule has 1 heterocycles. The molecule has 138 valence electrons. The van der Waals surface area contributed by atoms with Gasteiger partial charge in [-0.05, 0) is 30.2 Å². The zero-order valence-electron chi connectivity index (χ0n) is 13.8. The van der Waals surface area contributed by atoms with Gasteiger partial charge in [0.15, 0.2) is 9.84 Å². The van der Waals surface area contributed by atoms with Crippen LogP contribution >= 0.6 is 23.2 Å². The Hall–Kier alpha value is -1.60. The fraction of sp³-hybridized carbons (Fsp3) is 0.278. The SMILES string of the molecule is O=C(Nc1cc(Cl)cc(Cl)c1)[C@H](N[C@@H]1CCS(=O)(=O)C1)c1ccccc1. The number of benzene rings is 2. The van der Waals surface area contributed by atoms with Gasteiger partial charge in [0, 0.05) is 21.8 Å². The summed E-state index contributed by atoms with van der Waals surface area (Å²) >= 11 is 12.0. The van der Waals surface area contributed by atoms with Crippen LogP contribution in [0.15, 0.2) is 48.5 Å². The van der Waals surface area contributed by atoms with Crippen molar-refractivity contribution < 1.29 is 13.2 Å². The monoisotopic (exact) mass is 412 g/mol. The highest BCUT2D eigenvalue weighted by Gasteiger charge is 2.32. The quantitative estimate of drug-likeness (QED) is 0.788. The predicted octanol–water partition coefficient (Wildman–Crippen LogP) is 3.45. The smallest absolute Gasteiger partial charge is 0.246 e. The Morgan fingerprint density at radius 2 is 1.73 bits per heavy atom. The number of rotatable bonds is 5. The number of amides is 1. The Balaban J connectivity index is 1.81. The van der Waals surface area contributed by atoms with Gasteiger partial charge in [-0.1, -0.05) is 53.5 Å². The minimum atomic E-state index is -3.05. The van der Waals surface area contributed by atoms with E-state index in [9.17, 15) is 13.2 Å². The molecular formula is C18H18Cl2N2O3S. The van der Waals surface area contributed by atoms with Crippen LogP contribution in [0.2, 0.25) is 10.0 Å². The molecule has 26 heavy (non-hydrogen) atoms. The van der Waals surface area contributed by atoms with Gasteiger partial charge < -0.3 is 5.32 Å². The zero-order valence-corrected chi connectivity index (χ0v) is 16.1. The topological polar surface area (TPSA) is 75.3 Å². The van der Waals surface area contributed by atoms with E-state index in [1.807, 2.05) is 30.3 Å². The molecule has 1 saturated heterocycles. The van der Waals surface area contributed by atoms with Crippen molar-refractivity contribution in [2.75, 3.05) is 16.8 Å². The van der Waals surface area contributed by atoms with Crippen LogP contribution in [0.25, 0.3) is 0 Å². The number of nitrogens with one attached hydrogen (secondary N) is 2. The highest BCUT2D eigenvalue weighted by molar-refractivity contribution is 7.91. The summed E-state index contributed by atoms with van der Waals surface area (Å²) in [5, 5.41) is 6.81. The molecule has 1 aliphatic heterocycles. The minimum absolute atomic E-state index is 0.0343. The van der Waals surface area contributed by atoms with E-state index < -0.39 is 15.9 Å². The number of carbonyl (C=O) groups excluding carboxylic acids is 1. The first kappa shape index (κ1) is 19.2. The zero-order chi connectivity index (χ0) is 18.7. The van der Waals surface area contributed by atoms with Crippen molar-refractivity contribution in [3.05, 3.63) is 64.1 Å². The van der Waals surface area contributed by atoms with Crippen LogP contribution in [-0.4, -0.2) is 31.9 Å². The first-order valence-electron chi connectivity index (χ1n) is 8.11. The van der Waals surface area contributed by atoms with E-state index in [2.05, 4.69) is 10.6 Å². The lowest BCUT2D eigenvalue weighted by molar-refractivity contribution is -0.118. The minimum Gasteiger partial charge on any atom is -0.324 e. The molecule has 0 bridgehead atoms. The highest BCUT2D eigenvalue weighted by Crippen LogP contribution is 2.25. The Kier molecular flexibility index (Phi) is 5.87. The number of sulfone groups is 1. The van der Waals surface area contributed by atoms with Crippen molar-refractivity contribution in [2.45, 2.75) is 18.5 Å². The van der Waals surface area contributed by atoms with Gasteiger partial charge in [-0.3, -0.25) is 10.1 Å². The van der Waals surface area contributed by atoms with E-state index >= 15 is 0 Å². The lowest BCUT2D eigenvalue weighted by Crippen LogP contribution is -2.40. The molecule has 2 atom stereocenters. The molecule has 3 rings (SSSR count). The Bertz CT molecular complexity index is 884. The van der Waals surface area contributed by atoms with E-state index in [-0.39, 0.29) is 23.5 Å². The molecule has 2 aromatic rings. The first-order valence-corrected chi connectivity index (χ1v) is 10.7. The van der Waals surface area contributed by atoms with Crippen LogP contribution < -0.4 is 10.6 Å². The molecule has 0 radical (unpaired) electrons. The molecule has 0 spiro atoms. The van der Waals surface area contributed by atoms with Gasteiger partial charge in [-0.15, -0.1) is 0 Å². The Morgan fingerprint density at radius 1 is 1.08 bits per heavy atom. The van der Waals surface area contributed by atoms with Gasteiger partial charge in [0.2, 0.25) is 5.91 Å². The van der Waals surface area contributed by atoms with Crippen LogP contribution in [0, 0.1) is 0 Å². The predicted molar refractivity (Wildman–Crippen MR) is 104 cm³/mol. The maximum atomic E-state index is 12.9. The van der Waals surface area contributed by atoms with Crippen LogP contribution in [0.4, 0.5) is 5.69 Å². The standard InChI is InChI=1S/C18H18Cl2N2O3S/c19-13-8-14(20)10-16(9-13)22-18(23)17(12-4-2-1-3-5-12)21-15-6-7-26(24,25)11-15/h1-5,8-10,15,17,21H,6-7,11H2,(H,22,23)/t15-,17-/m1/s1. The van der Waals surface area contributed by atoms with Crippen molar-refractivity contribution >= 4 is 44.6 Å². The summed E-state index contributed by atoms with van der Waals surface area (Å²) in [5.74, 6) is -0.136. The van der Waals surface area contributed by atoms with E-state index in [1.165, 1.54) is 0 Å². The second kappa shape index (κ2) is 7.96. The largest absolute Gasteiger partial charge is 0.324 e. The third kappa shape index (κ3) is 4.98. The van der Waals surface area contributed by atoms with Gasteiger partial charge in [0.25, 0.3) is 0 Å². The number of hydrogen-bond acceptors (Lipinski definition) is 4. The van der Waals surface area contributed by atoms with E-state index in [0.717, 1.165) is 5.56 Å². The molecule has 8 heteroatoms. The maximum Gasteiger partial charge on any atom is 0.246 e. The lowest BCUT2D eigenvalue weighted by atomic mass is 10.0. The Labute approximate surface area is 162 Å². The van der Waals surface area contributed by atoms with Crippen LogP contribution in [-0.2, 0) is 14.6 Å². The number of halogens is 2. The molecule has 0 unspecified atom stereocenters. The van der Waals surface area contributed by atoms with Crippen molar-refractivity contribution in [2.24, 2.45) is 0 Å². The van der Waals surface area contributed by atoms with Gasteiger partial charge >= 0.3 is 0 Å². The van der Waals surface area contributed by atoms with E-state index in [4.69, 9.17) is 23.2 Å². The van der Waals surface area contributed by atoms with Crippen molar-refractivity contribution in [1.29, 1.82) is 0 Å². The highest BCUT2D eigenvalue weighted by atomic mass is 35.5. The molecule has 0 aliphatic carbocycles. The van der Waals surface area contributed by atoms with Gasteiger partial charge in [-0.2, -0.15) is 0 Å². The summed E-state index contributed by atoms with van der Waals surface area (Å²) in [4.78, 5) is 12.9. The van der Waals surface area contributed by atoms with Gasteiger partial charge in [-0.25, -0.2) is 8.42 Å². The Morgan fingerprint density at radius 3 is 2.31 bits per heavy atom. The van der Waals surface area contributed by atoms with Gasteiger partial charge in [0.05, 0.1) is 11.5 Å². The third-order valence-electron chi connectivity index (χ3n) is 4.16. The molecule has 1 aliphatic rings. The molecule has 2 N–H and O–H groups in total. The van der Waals surface area contributed by atoms with Crippen LogP contribution in [0.5, 0.6) is 0 Å². The summed E-state index contributed by atoms with van der Waals surface area (Å²) in [5.41, 5.74) is 1.23. The first-order chi connectivity index (χ1) is 12.3. The molecule has 1 amide bonds. The summed E-state index contributed by atoms with van der Waals surface area (Å²) in [6.07, 6.45) is 0.488. The molecule has 1 fully saturated rings. The molecule has 0 aromatic heterocycles. The van der Waals surface area contributed by atoms with E-state index in [1.54, 1.807) is 18.2 Å². The number of anilines is 1. The van der Waals surface area contributed by atoms with Crippen molar-refractivity contribution in [1.82, 2.24) is 5.32 Å². The fourth-order valence-corrected chi connectivity index (χ4v) is 5.18. The second-order valence-corrected chi connectivity index (χ2v) is 9.36. The lowest BCUT2D eigenvalue weighted by Gasteiger charge is -2.22. The number of hydrogen-bond donors (Lipinski definition) is 2. The summed E-state index contributed by atoms with van der Waals surface area (Å²) in [6.45, 7) is 0. The molecule has 2 aromatic carbocycles. The maximum absolute atomic E-state index is 12.9. The average Bonchev–Trinajstić information content (AvgIpc) is 2.91. The summed E-state index contributed by atoms with van der Waals surface area (Å²) < 4.78 is 23.4. The summed E-state index contributed by atoms with van der Waals surface area (Å²) in [7, 11) is -3.05. The molecule has 5 nitrogen and oxygen atoms in total. The molecular weight excluding hydrogens is 395 g/mol. The normalized spacial score (nSPS) is 19.8. The summed E-state index contributed by atoms with van der Waals surface area (Å²) in [6, 6.07) is 13.0. The molecule has 0 saturated carbocycles. The fourth-order valence-electron chi connectivity index (χ4n) is 2.97. The average molecular weight is 413 g/mol. The van der Waals surface area contributed by atoms with E-state index in [0.29, 0.717) is 22.2 Å².